The van der Waals surface area contributed by atoms with E-state index in [1.807, 2.05) is 0 Å². The molecule has 0 radical (unpaired) electrons. The molecule has 11 nitrogen and oxygen atoms in total. The molecule has 0 spiro atoms. The van der Waals surface area contributed by atoms with Gasteiger partial charge in [0.15, 0.2) is 11.5 Å². The van der Waals surface area contributed by atoms with Crippen LogP contribution in [0.4, 0.5) is 0 Å². The van der Waals surface area contributed by atoms with Gasteiger partial charge in [0.25, 0.3) is 0 Å². The van der Waals surface area contributed by atoms with Crippen LogP contribution in [0.25, 0.3) is 0 Å². The summed E-state index contributed by atoms with van der Waals surface area (Å²) in [6, 6.07) is 7.09. The summed E-state index contributed by atoms with van der Waals surface area (Å²) in [4.78, 5) is 12.4. The van der Waals surface area contributed by atoms with Crippen LogP contribution in [0.2, 0.25) is 0 Å². The van der Waals surface area contributed by atoms with E-state index in [0.717, 1.165) is 12.1 Å². The molecule has 13 heteroatoms. The summed E-state index contributed by atoms with van der Waals surface area (Å²) in [7, 11) is -9.54. The van der Waals surface area contributed by atoms with Gasteiger partial charge >= 0.3 is 20.8 Å². The molecule has 28 heavy (non-hydrogen) atoms. The maximum atomic E-state index is 12.4. The summed E-state index contributed by atoms with van der Waals surface area (Å²) >= 11 is 0. The molecule has 150 valence electrons. The molecule has 0 bridgehead atoms. The van der Waals surface area contributed by atoms with Crippen LogP contribution in [0.5, 0.6) is 23.0 Å². The van der Waals surface area contributed by atoms with Gasteiger partial charge in [0, 0.05) is 12.1 Å². The number of hydrogen-bond donors (Lipinski definition) is 3. The Kier molecular flexibility index (Phi) is 4.93. The van der Waals surface area contributed by atoms with Gasteiger partial charge in [0.2, 0.25) is 0 Å². The number of phenols is 1. The molecule has 0 aliphatic carbocycles. The highest BCUT2D eigenvalue weighted by Crippen LogP contribution is 2.42. The summed E-state index contributed by atoms with van der Waals surface area (Å²) in [5.74, 6) is -1.89. The van der Waals surface area contributed by atoms with E-state index in [4.69, 9.17) is 13.8 Å². The van der Waals surface area contributed by atoms with Crippen LogP contribution in [0.1, 0.15) is 28.4 Å². The molecule has 0 aromatic heterocycles. The monoisotopic (exact) mass is 432 g/mol. The van der Waals surface area contributed by atoms with E-state index < -0.39 is 44.2 Å². The predicted octanol–water partition coefficient (Wildman–Crippen LogP) is 1.46. The smallest absolute Gasteiger partial charge is 0.446 e. The molecule has 0 saturated carbocycles. The van der Waals surface area contributed by atoms with Crippen LogP contribution in [0.3, 0.4) is 0 Å². The van der Waals surface area contributed by atoms with Crippen molar-refractivity contribution in [3.8, 4) is 23.0 Å². The number of benzene rings is 2. The van der Waals surface area contributed by atoms with Crippen LogP contribution >= 0.6 is 0 Å². The molecule has 1 aliphatic rings. The minimum atomic E-state index is -4.85. The van der Waals surface area contributed by atoms with Crippen molar-refractivity contribution < 1.29 is 48.9 Å². The average molecular weight is 432 g/mol. The topological polar surface area (TPSA) is 174 Å². The lowest BCUT2D eigenvalue weighted by Gasteiger charge is -2.26. The van der Waals surface area contributed by atoms with Crippen molar-refractivity contribution in [2.75, 3.05) is 0 Å². The fourth-order valence-electron chi connectivity index (χ4n) is 2.63. The Hall–Kier alpha value is -2.87. The third kappa shape index (κ3) is 4.69. The van der Waals surface area contributed by atoms with Gasteiger partial charge in [-0.15, -0.1) is 0 Å². The molecular weight excluding hydrogens is 420 g/mol. The standard InChI is InChI=1S/C15H12O11S2/c16-11-5-10(26-28(21,22)23)6-14-15(11)12(17)7-13(24-14)8-1-3-9(4-2-8)25-27(18,19)20/h1-6,13,16H,7H2,(H,18,19,20)(H,21,22,23)/t13-/m0/s1. The predicted molar refractivity (Wildman–Crippen MR) is 91.2 cm³/mol. The van der Waals surface area contributed by atoms with Gasteiger partial charge in [-0.25, -0.2) is 0 Å². The summed E-state index contributed by atoms with van der Waals surface area (Å²) in [6.07, 6.45) is -1.02. The van der Waals surface area contributed by atoms with E-state index in [1.54, 1.807) is 0 Å². The van der Waals surface area contributed by atoms with Crippen LogP contribution in [-0.4, -0.2) is 36.8 Å². The van der Waals surface area contributed by atoms with E-state index in [-0.39, 0.29) is 23.5 Å². The summed E-state index contributed by atoms with van der Waals surface area (Å²) < 4.78 is 74.6. The Balaban J connectivity index is 1.90. The zero-order valence-electron chi connectivity index (χ0n) is 13.7. The first-order valence-electron chi connectivity index (χ1n) is 7.42. The second-order valence-corrected chi connectivity index (χ2v) is 7.68. The van der Waals surface area contributed by atoms with Crippen molar-refractivity contribution in [2.45, 2.75) is 12.5 Å². The first-order chi connectivity index (χ1) is 12.9. The Morgan fingerprint density at radius 1 is 0.929 bits per heavy atom. The molecule has 0 fully saturated rings. The zero-order valence-corrected chi connectivity index (χ0v) is 15.3. The van der Waals surface area contributed by atoms with E-state index in [2.05, 4.69) is 8.37 Å². The first kappa shape index (κ1) is 19.9. The highest BCUT2D eigenvalue weighted by molar-refractivity contribution is 7.81. The lowest BCUT2D eigenvalue weighted by molar-refractivity contribution is 0.0845. The van der Waals surface area contributed by atoms with E-state index in [1.165, 1.54) is 24.3 Å². The number of fused-ring (bicyclic) bond motifs is 1. The van der Waals surface area contributed by atoms with Crippen molar-refractivity contribution in [1.82, 2.24) is 0 Å². The molecule has 0 amide bonds. The van der Waals surface area contributed by atoms with E-state index in [9.17, 15) is 26.7 Å². The Labute approximate surface area is 159 Å². The molecule has 1 atom stereocenters. The van der Waals surface area contributed by atoms with Gasteiger partial charge in [0.1, 0.15) is 28.9 Å². The molecule has 2 aromatic carbocycles. The molecule has 0 unspecified atom stereocenters. The maximum Gasteiger partial charge on any atom is 0.446 e. The fraction of sp³-hybridized carbons (Fsp3) is 0.133. The third-order valence-corrected chi connectivity index (χ3v) is 4.43. The van der Waals surface area contributed by atoms with Crippen molar-refractivity contribution in [1.29, 1.82) is 0 Å². The maximum absolute atomic E-state index is 12.4. The molecule has 3 rings (SSSR count). The number of ether oxygens (including phenoxy) is 1. The average Bonchev–Trinajstić information content (AvgIpc) is 2.51. The summed E-state index contributed by atoms with van der Waals surface area (Å²) in [6.45, 7) is 0. The second-order valence-electron chi connectivity index (χ2n) is 5.64. The van der Waals surface area contributed by atoms with Gasteiger partial charge in [-0.1, -0.05) is 12.1 Å². The van der Waals surface area contributed by atoms with Crippen LogP contribution < -0.4 is 13.1 Å². The van der Waals surface area contributed by atoms with Crippen molar-refractivity contribution in [3.63, 3.8) is 0 Å². The van der Waals surface area contributed by atoms with Gasteiger partial charge < -0.3 is 18.2 Å². The Morgan fingerprint density at radius 2 is 1.50 bits per heavy atom. The van der Waals surface area contributed by atoms with Crippen molar-refractivity contribution in [3.05, 3.63) is 47.5 Å². The lowest BCUT2D eigenvalue weighted by Crippen LogP contribution is -2.20. The number of ketones is 1. The van der Waals surface area contributed by atoms with Crippen molar-refractivity contribution in [2.24, 2.45) is 0 Å². The number of phenolic OH excluding ortho intramolecular Hbond substituents is 1. The lowest BCUT2D eigenvalue weighted by atomic mass is 9.95. The van der Waals surface area contributed by atoms with E-state index in [0.29, 0.717) is 5.56 Å². The number of rotatable bonds is 5. The van der Waals surface area contributed by atoms with Gasteiger partial charge in [-0.2, -0.15) is 16.8 Å². The quantitative estimate of drug-likeness (QED) is 0.583. The number of carbonyl (C=O) groups is 1. The zero-order chi connectivity index (χ0) is 20.7. The third-order valence-electron chi connectivity index (χ3n) is 3.63. The SMILES string of the molecule is O=C1C[C@@H](c2ccc(OS(=O)(=O)O)cc2)Oc2cc(OS(=O)(=O)O)cc(O)c21. The first-order valence-corrected chi connectivity index (χ1v) is 10.1. The molecule has 0 saturated heterocycles. The number of Topliss-reactive ketones (excluding diaryl/α,β-unsaturated/α-hetero) is 1. The second kappa shape index (κ2) is 6.94. The minimum absolute atomic E-state index is 0.168. The molecular formula is C15H12O11S2. The number of carbonyl (C=O) groups excluding carboxylic acids is 1. The number of hydrogen-bond acceptors (Lipinski definition) is 9. The molecule has 2 aromatic rings. The molecule has 1 aliphatic heterocycles. The Morgan fingerprint density at radius 3 is 2.07 bits per heavy atom. The molecule has 3 N–H and O–H groups in total. The molecule has 1 heterocycles. The summed E-state index contributed by atoms with van der Waals surface area (Å²) in [5.41, 5.74) is 0.257. The Bertz CT molecular complexity index is 1140. The number of aromatic hydroxyl groups is 1. The normalized spacial score (nSPS) is 16.8. The van der Waals surface area contributed by atoms with Crippen LogP contribution in [0.15, 0.2) is 36.4 Å². The van der Waals surface area contributed by atoms with Gasteiger partial charge in [-0.3, -0.25) is 13.9 Å². The van der Waals surface area contributed by atoms with E-state index >= 15 is 0 Å². The van der Waals surface area contributed by atoms with Gasteiger partial charge in [0.05, 0.1) is 6.42 Å². The van der Waals surface area contributed by atoms with Gasteiger partial charge in [-0.05, 0) is 17.7 Å². The van der Waals surface area contributed by atoms with Crippen LogP contribution in [-0.2, 0) is 20.8 Å². The summed E-state index contributed by atoms with van der Waals surface area (Å²) in [5, 5.41) is 9.95. The van der Waals surface area contributed by atoms with Crippen molar-refractivity contribution >= 4 is 26.6 Å². The highest BCUT2D eigenvalue weighted by Gasteiger charge is 2.31. The largest absolute Gasteiger partial charge is 0.507 e. The fourth-order valence-corrected chi connectivity index (χ4v) is 3.32. The van der Waals surface area contributed by atoms with Crippen LogP contribution in [0, 0.1) is 0 Å². The highest BCUT2D eigenvalue weighted by atomic mass is 32.3. The minimum Gasteiger partial charge on any atom is -0.507 e.